The van der Waals surface area contributed by atoms with Crippen molar-refractivity contribution in [3.63, 3.8) is 0 Å². The van der Waals surface area contributed by atoms with E-state index in [4.69, 9.17) is 9.84 Å². The normalized spacial score (nSPS) is 26.5. The van der Waals surface area contributed by atoms with Crippen LogP contribution >= 0.6 is 0 Å². The van der Waals surface area contributed by atoms with Crippen molar-refractivity contribution in [2.75, 3.05) is 53.6 Å². The highest BCUT2D eigenvalue weighted by Gasteiger charge is 2.22. The van der Waals surface area contributed by atoms with Gasteiger partial charge in [-0.2, -0.15) is 0 Å². The molecule has 1 rings (SSSR count). The van der Waals surface area contributed by atoms with Crippen molar-refractivity contribution >= 4 is 0 Å². The molecule has 13 heavy (non-hydrogen) atoms. The van der Waals surface area contributed by atoms with Gasteiger partial charge in [0.15, 0.2) is 0 Å². The van der Waals surface area contributed by atoms with E-state index in [0.717, 1.165) is 32.8 Å². The highest BCUT2D eigenvalue weighted by atomic mass is 16.5. The summed E-state index contributed by atoms with van der Waals surface area (Å²) < 4.78 is 5.02. The predicted molar refractivity (Wildman–Crippen MR) is 51.8 cm³/mol. The van der Waals surface area contributed by atoms with Crippen LogP contribution in [0.3, 0.4) is 0 Å². The van der Waals surface area contributed by atoms with Crippen LogP contribution in [0.2, 0.25) is 0 Å². The number of aliphatic hydroxyl groups excluding tert-OH is 1. The third-order valence-electron chi connectivity index (χ3n) is 2.68. The summed E-state index contributed by atoms with van der Waals surface area (Å²) >= 11 is 0. The molecule has 0 aliphatic carbocycles. The molecule has 1 aliphatic rings. The number of methoxy groups -OCH3 is 1. The molecule has 0 amide bonds. The minimum absolute atomic E-state index is 0.250. The van der Waals surface area contributed by atoms with Gasteiger partial charge in [-0.05, 0) is 7.05 Å². The molecule has 4 nitrogen and oxygen atoms in total. The Labute approximate surface area is 80.1 Å². The number of likely N-dealkylation sites (N-methyl/N-ethyl adjacent to an activating group) is 1. The largest absolute Gasteiger partial charge is 0.395 e. The second kappa shape index (κ2) is 5.54. The molecule has 0 bridgehead atoms. The number of hydrogen-bond acceptors (Lipinski definition) is 4. The lowest BCUT2D eigenvalue weighted by atomic mass is 10.2. The van der Waals surface area contributed by atoms with Crippen LogP contribution < -0.4 is 0 Å². The molecule has 1 saturated heterocycles. The molecule has 1 atom stereocenters. The van der Waals surface area contributed by atoms with Crippen molar-refractivity contribution in [2.45, 2.75) is 6.04 Å². The highest BCUT2D eigenvalue weighted by molar-refractivity contribution is 4.79. The monoisotopic (exact) mass is 188 g/mol. The zero-order chi connectivity index (χ0) is 9.68. The van der Waals surface area contributed by atoms with Crippen LogP contribution in [0.15, 0.2) is 0 Å². The topological polar surface area (TPSA) is 35.9 Å². The molecule has 0 aromatic rings. The SMILES string of the molecule is COCCN1CCN(C)C(CO)C1. The van der Waals surface area contributed by atoms with Crippen LogP contribution in [0.5, 0.6) is 0 Å². The lowest BCUT2D eigenvalue weighted by Crippen LogP contribution is -2.53. The van der Waals surface area contributed by atoms with E-state index in [9.17, 15) is 0 Å². The van der Waals surface area contributed by atoms with Gasteiger partial charge < -0.3 is 9.84 Å². The van der Waals surface area contributed by atoms with E-state index in [-0.39, 0.29) is 6.61 Å². The van der Waals surface area contributed by atoms with Gasteiger partial charge in [-0.15, -0.1) is 0 Å². The Hall–Kier alpha value is -0.160. The average molecular weight is 188 g/mol. The molecule has 78 valence electrons. The summed E-state index contributed by atoms with van der Waals surface area (Å²) in [5.74, 6) is 0. The van der Waals surface area contributed by atoms with Crippen LogP contribution in [0, 0.1) is 0 Å². The summed E-state index contributed by atoms with van der Waals surface area (Å²) in [6.45, 7) is 5.07. The molecule has 1 N–H and O–H groups in total. The van der Waals surface area contributed by atoms with Crippen molar-refractivity contribution in [2.24, 2.45) is 0 Å². The first-order valence-corrected chi connectivity index (χ1v) is 4.80. The summed E-state index contributed by atoms with van der Waals surface area (Å²) in [5.41, 5.74) is 0. The smallest absolute Gasteiger partial charge is 0.0599 e. The predicted octanol–water partition coefficient (Wildman–Crippen LogP) is -0.759. The van der Waals surface area contributed by atoms with Crippen molar-refractivity contribution in [1.29, 1.82) is 0 Å². The molecule has 0 saturated carbocycles. The Kier molecular flexibility index (Phi) is 4.66. The molecule has 4 heteroatoms. The number of ether oxygens (including phenoxy) is 1. The fraction of sp³-hybridized carbons (Fsp3) is 1.00. The maximum Gasteiger partial charge on any atom is 0.0599 e. The van der Waals surface area contributed by atoms with E-state index in [1.54, 1.807) is 7.11 Å². The maximum atomic E-state index is 9.11. The van der Waals surface area contributed by atoms with Gasteiger partial charge in [0.25, 0.3) is 0 Å². The number of aliphatic hydroxyl groups is 1. The summed E-state index contributed by atoms with van der Waals surface area (Å²) in [7, 11) is 3.79. The Bertz CT molecular complexity index is 142. The third-order valence-corrected chi connectivity index (χ3v) is 2.68. The van der Waals surface area contributed by atoms with Gasteiger partial charge in [0.1, 0.15) is 0 Å². The number of nitrogens with zero attached hydrogens (tertiary/aromatic N) is 2. The van der Waals surface area contributed by atoms with Crippen LogP contribution in [-0.2, 0) is 4.74 Å². The number of rotatable bonds is 4. The van der Waals surface area contributed by atoms with Gasteiger partial charge >= 0.3 is 0 Å². The third kappa shape index (κ3) is 3.23. The van der Waals surface area contributed by atoms with Gasteiger partial charge in [0.05, 0.1) is 13.2 Å². The molecule has 1 fully saturated rings. The van der Waals surface area contributed by atoms with E-state index in [1.807, 2.05) is 0 Å². The van der Waals surface area contributed by atoms with Gasteiger partial charge in [0.2, 0.25) is 0 Å². The summed E-state index contributed by atoms with van der Waals surface area (Å²) in [6, 6.07) is 0.297. The van der Waals surface area contributed by atoms with Gasteiger partial charge in [-0.3, -0.25) is 9.80 Å². The van der Waals surface area contributed by atoms with E-state index in [2.05, 4.69) is 16.8 Å². The van der Waals surface area contributed by atoms with Gasteiger partial charge in [-0.25, -0.2) is 0 Å². The molecule has 0 aromatic heterocycles. The minimum atomic E-state index is 0.250. The van der Waals surface area contributed by atoms with Gasteiger partial charge in [0, 0.05) is 39.3 Å². The zero-order valence-corrected chi connectivity index (χ0v) is 8.57. The second-order valence-corrected chi connectivity index (χ2v) is 3.61. The first kappa shape index (κ1) is 10.9. The zero-order valence-electron chi connectivity index (χ0n) is 8.57. The van der Waals surface area contributed by atoms with Crippen molar-refractivity contribution < 1.29 is 9.84 Å². The molecule has 1 heterocycles. The maximum absolute atomic E-state index is 9.11. The molecule has 0 radical (unpaired) electrons. The first-order valence-electron chi connectivity index (χ1n) is 4.80. The first-order chi connectivity index (χ1) is 6.27. The highest BCUT2D eigenvalue weighted by Crippen LogP contribution is 2.06. The average Bonchev–Trinajstić information content (AvgIpc) is 2.16. The summed E-state index contributed by atoms with van der Waals surface area (Å²) in [6.07, 6.45) is 0. The Morgan fingerprint density at radius 2 is 2.23 bits per heavy atom. The fourth-order valence-corrected chi connectivity index (χ4v) is 1.63. The Balaban J connectivity index is 2.27. The van der Waals surface area contributed by atoms with E-state index < -0.39 is 0 Å². The van der Waals surface area contributed by atoms with Crippen LogP contribution in [0.4, 0.5) is 0 Å². The summed E-state index contributed by atoms with van der Waals surface area (Å²) in [5, 5.41) is 9.11. The van der Waals surface area contributed by atoms with Crippen molar-refractivity contribution in [3.05, 3.63) is 0 Å². The fourth-order valence-electron chi connectivity index (χ4n) is 1.63. The van der Waals surface area contributed by atoms with Crippen LogP contribution in [0.25, 0.3) is 0 Å². The molecule has 1 unspecified atom stereocenters. The molecule has 1 aliphatic heterocycles. The van der Waals surface area contributed by atoms with E-state index >= 15 is 0 Å². The van der Waals surface area contributed by atoms with Crippen molar-refractivity contribution in [3.8, 4) is 0 Å². The van der Waals surface area contributed by atoms with E-state index in [1.165, 1.54) is 0 Å². The van der Waals surface area contributed by atoms with Crippen LogP contribution in [-0.4, -0.2) is 74.5 Å². The Morgan fingerprint density at radius 3 is 2.85 bits per heavy atom. The summed E-state index contributed by atoms with van der Waals surface area (Å²) in [4.78, 5) is 4.55. The molecule has 0 aromatic carbocycles. The van der Waals surface area contributed by atoms with Crippen molar-refractivity contribution in [1.82, 2.24) is 9.80 Å². The van der Waals surface area contributed by atoms with Gasteiger partial charge in [-0.1, -0.05) is 0 Å². The minimum Gasteiger partial charge on any atom is -0.395 e. The quantitative estimate of drug-likeness (QED) is 0.629. The number of hydrogen-bond donors (Lipinski definition) is 1. The molecular formula is C9H20N2O2. The number of piperazine rings is 1. The van der Waals surface area contributed by atoms with E-state index in [0.29, 0.717) is 6.04 Å². The Morgan fingerprint density at radius 1 is 1.46 bits per heavy atom. The standard InChI is InChI=1S/C9H20N2O2/c1-10-3-4-11(5-6-13-2)7-9(10)8-12/h9,12H,3-8H2,1-2H3. The lowest BCUT2D eigenvalue weighted by molar-refractivity contribution is 0.0439. The molecule has 0 spiro atoms. The second-order valence-electron chi connectivity index (χ2n) is 3.61. The van der Waals surface area contributed by atoms with Crippen LogP contribution in [0.1, 0.15) is 0 Å². The molecular weight excluding hydrogens is 168 g/mol. The lowest BCUT2D eigenvalue weighted by Gasteiger charge is -2.38.